The van der Waals surface area contributed by atoms with Crippen LogP contribution in [0.4, 0.5) is 10.1 Å². The quantitative estimate of drug-likeness (QED) is 0.485. The zero-order valence-electron chi connectivity index (χ0n) is 14.4. The monoisotopic (exact) mass is 371 g/mol. The molecule has 8 heteroatoms. The molecule has 1 N–H and O–H groups in total. The Bertz CT molecular complexity index is 929. The number of aliphatic hydroxyl groups excluding tert-OH is 1. The van der Waals surface area contributed by atoms with Crippen LogP contribution in [-0.2, 0) is 17.9 Å². The zero-order valence-corrected chi connectivity index (χ0v) is 14.4. The number of imidazole rings is 1. The summed E-state index contributed by atoms with van der Waals surface area (Å²) >= 11 is 0. The molecular formula is C19H18FN3O4. The maximum atomic E-state index is 13.5. The fraction of sp³-hybridized carbons (Fsp3) is 0.211. The molecule has 1 unspecified atom stereocenters. The maximum absolute atomic E-state index is 13.5. The Kier molecular flexibility index (Phi) is 5.90. The Morgan fingerprint density at radius 3 is 2.85 bits per heavy atom. The number of aromatic nitrogens is 2. The van der Waals surface area contributed by atoms with Crippen molar-refractivity contribution in [2.75, 3.05) is 6.61 Å². The van der Waals surface area contributed by atoms with Crippen molar-refractivity contribution in [3.05, 3.63) is 82.4 Å². The first-order chi connectivity index (χ1) is 13.0. The summed E-state index contributed by atoms with van der Waals surface area (Å²) in [5.41, 5.74) is 0.967. The first kappa shape index (κ1) is 18.7. The summed E-state index contributed by atoms with van der Waals surface area (Å²) in [6.07, 6.45) is 2.39. The third kappa shape index (κ3) is 4.75. The van der Waals surface area contributed by atoms with Gasteiger partial charge in [0.15, 0.2) is 0 Å². The minimum atomic E-state index is -0.844. The van der Waals surface area contributed by atoms with Gasteiger partial charge in [0.25, 0.3) is 5.69 Å². The van der Waals surface area contributed by atoms with Crippen molar-refractivity contribution in [2.24, 2.45) is 0 Å². The Hall–Kier alpha value is -3.10. The average Bonchev–Trinajstić information content (AvgIpc) is 3.11. The van der Waals surface area contributed by atoms with E-state index in [9.17, 15) is 19.6 Å². The second-order valence-corrected chi connectivity index (χ2v) is 5.97. The van der Waals surface area contributed by atoms with E-state index in [-0.39, 0.29) is 31.3 Å². The Morgan fingerprint density at radius 1 is 1.26 bits per heavy atom. The van der Waals surface area contributed by atoms with E-state index in [2.05, 4.69) is 4.98 Å². The van der Waals surface area contributed by atoms with Crippen molar-refractivity contribution in [1.29, 1.82) is 0 Å². The number of nitro benzene ring substituents is 1. The van der Waals surface area contributed by atoms with E-state index >= 15 is 0 Å². The molecule has 1 atom stereocenters. The van der Waals surface area contributed by atoms with Crippen LogP contribution in [0.1, 0.15) is 5.56 Å². The summed E-state index contributed by atoms with van der Waals surface area (Å²) < 4.78 is 20.6. The van der Waals surface area contributed by atoms with Crippen molar-refractivity contribution in [2.45, 2.75) is 19.3 Å². The van der Waals surface area contributed by atoms with Gasteiger partial charge in [0.05, 0.1) is 30.8 Å². The summed E-state index contributed by atoms with van der Waals surface area (Å²) in [5, 5.41) is 21.1. The third-order valence-corrected chi connectivity index (χ3v) is 3.96. The van der Waals surface area contributed by atoms with Gasteiger partial charge < -0.3 is 14.4 Å². The average molecular weight is 371 g/mol. The van der Waals surface area contributed by atoms with E-state index in [1.54, 1.807) is 47.3 Å². The van der Waals surface area contributed by atoms with Gasteiger partial charge in [0, 0.05) is 35.7 Å². The minimum absolute atomic E-state index is 0.0148. The Morgan fingerprint density at radius 2 is 2.07 bits per heavy atom. The van der Waals surface area contributed by atoms with Crippen molar-refractivity contribution in [1.82, 2.24) is 9.55 Å². The molecular weight excluding hydrogens is 353 g/mol. The van der Waals surface area contributed by atoms with Gasteiger partial charge >= 0.3 is 0 Å². The van der Waals surface area contributed by atoms with E-state index < -0.39 is 11.0 Å². The molecule has 7 nitrogen and oxygen atoms in total. The molecule has 0 amide bonds. The number of ether oxygens (including phenoxy) is 1. The van der Waals surface area contributed by atoms with Crippen molar-refractivity contribution in [3.8, 4) is 11.4 Å². The van der Waals surface area contributed by atoms with Crippen LogP contribution >= 0.6 is 0 Å². The lowest BCUT2D eigenvalue weighted by Gasteiger charge is -2.14. The van der Waals surface area contributed by atoms with E-state index in [0.29, 0.717) is 17.0 Å². The zero-order chi connectivity index (χ0) is 19.2. The van der Waals surface area contributed by atoms with Gasteiger partial charge in [-0.3, -0.25) is 10.1 Å². The van der Waals surface area contributed by atoms with Gasteiger partial charge in [-0.2, -0.15) is 0 Å². The molecule has 0 bridgehead atoms. The van der Waals surface area contributed by atoms with Crippen LogP contribution in [0.15, 0.2) is 60.9 Å². The van der Waals surface area contributed by atoms with Crippen LogP contribution in [0.5, 0.6) is 0 Å². The molecule has 0 saturated carbocycles. The maximum Gasteiger partial charge on any atom is 0.270 e. The van der Waals surface area contributed by atoms with Gasteiger partial charge in [0.1, 0.15) is 11.6 Å². The van der Waals surface area contributed by atoms with Gasteiger partial charge in [-0.25, -0.2) is 9.37 Å². The number of hydrogen-bond acceptors (Lipinski definition) is 5. The van der Waals surface area contributed by atoms with Crippen LogP contribution in [0.25, 0.3) is 11.4 Å². The molecule has 0 fully saturated rings. The SMILES string of the molecule is O=[N+]([O-])c1cccc(-c2nccn2CC(O)COCc2ccccc2F)c1. The standard InChI is InChI=1S/C19H18FN3O4/c20-18-7-2-1-4-15(18)12-27-13-17(24)11-22-9-8-21-19(22)14-5-3-6-16(10-14)23(25)26/h1-10,17,24H,11-13H2. The van der Waals surface area contributed by atoms with E-state index in [1.165, 1.54) is 18.2 Å². The van der Waals surface area contributed by atoms with Crippen LogP contribution in [-0.4, -0.2) is 32.3 Å². The Labute approximate surface area is 154 Å². The molecule has 1 heterocycles. The number of hydrogen-bond donors (Lipinski definition) is 1. The predicted octanol–water partition coefficient (Wildman–Crippen LogP) is 3.18. The summed E-state index contributed by atoms with van der Waals surface area (Å²) in [6.45, 7) is 0.265. The first-order valence-electron chi connectivity index (χ1n) is 8.30. The fourth-order valence-corrected chi connectivity index (χ4v) is 2.68. The van der Waals surface area contributed by atoms with E-state index in [4.69, 9.17) is 4.74 Å². The van der Waals surface area contributed by atoms with Gasteiger partial charge in [-0.15, -0.1) is 0 Å². The van der Waals surface area contributed by atoms with Gasteiger partial charge in [-0.05, 0) is 6.07 Å². The highest BCUT2D eigenvalue weighted by molar-refractivity contribution is 5.59. The van der Waals surface area contributed by atoms with Crippen LogP contribution in [0.3, 0.4) is 0 Å². The molecule has 2 aromatic carbocycles. The summed E-state index contributed by atoms with van der Waals surface area (Å²) in [6, 6.07) is 12.4. The normalized spacial score (nSPS) is 12.1. The highest BCUT2D eigenvalue weighted by atomic mass is 19.1. The molecule has 140 valence electrons. The van der Waals surface area contributed by atoms with Crippen LogP contribution in [0.2, 0.25) is 0 Å². The fourth-order valence-electron chi connectivity index (χ4n) is 2.68. The lowest BCUT2D eigenvalue weighted by molar-refractivity contribution is -0.384. The number of benzene rings is 2. The number of nitrogens with zero attached hydrogens (tertiary/aromatic N) is 3. The second-order valence-electron chi connectivity index (χ2n) is 5.97. The van der Waals surface area contributed by atoms with Gasteiger partial charge in [0.2, 0.25) is 0 Å². The number of nitro groups is 1. The summed E-state index contributed by atoms with van der Waals surface area (Å²) in [5.74, 6) is 0.154. The molecule has 0 spiro atoms. The lowest BCUT2D eigenvalue weighted by atomic mass is 10.2. The topological polar surface area (TPSA) is 90.4 Å². The molecule has 0 aliphatic heterocycles. The van der Waals surface area contributed by atoms with Crippen LogP contribution in [0, 0.1) is 15.9 Å². The molecule has 3 aromatic rings. The van der Waals surface area contributed by atoms with E-state index in [1.807, 2.05) is 0 Å². The summed E-state index contributed by atoms with van der Waals surface area (Å²) in [7, 11) is 0. The van der Waals surface area contributed by atoms with Crippen molar-refractivity contribution < 1.29 is 19.2 Å². The first-order valence-corrected chi connectivity index (χ1v) is 8.30. The van der Waals surface area contributed by atoms with E-state index in [0.717, 1.165) is 0 Å². The third-order valence-electron chi connectivity index (χ3n) is 3.96. The highest BCUT2D eigenvalue weighted by Crippen LogP contribution is 2.22. The minimum Gasteiger partial charge on any atom is -0.389 e. The Balaban J connectivity index is 1.62. The predicted molar refractivity (Wildman–Crippen MR) is 96.4 cm³/mol. The number of rotatable bonds is 8. The number of non-ortho nitro benzene ring substituents is 1. The molecule has 1 aromatic heterocycles. The molecule has 0 aliphatic carbocycles. The largest absolute Gasteiger partial charge is 0.389 e. The molecule has 27 heavy (non-hydrogen) atoms. The molecule has 3 rings (SSSR count). The second kappa shape index (κ2) is 8.52. The van der Waals surface area contributed by atoms with Crippen molar-refractivity contribution >= 4 is 5.69 Å². The van der Waals surface area contributed by atoms with Crippen LogP contribution < -0.4 is 0 Å². The number of halogens is 1. The molecule has 0 saturated heterocycles. The molecule has 0 radical (unpaired) electrons. The van der Waals surface area contributed by atoms with Crippen molar-refractivity contribution in [3.63, 3.8) is 0 Å². The smallest absolute Gasteiger partial charge is 0.270 e. The highest BCUT2D eigenvalue weighted by Gasteiger charge is 2.14. The summed E-state index contributed by atoms with van der Waals surface area (Å²) in [4.78, 5) is 14.7. The van der Waals surface area contributed by atoms with Gasteiger partial charge in [-0.1, -0.05) is 30.3 Å². The molecule has 0 aliphatic rings. The number of aliphatic hydroxyl groups is 1. The lowest BCUT2D eigenvalue weighted by Crippen LogP contribution is -2.22.